The molecule has 0 aliphatic carbocycles. The minimum absolute atomic E-state index is 0.104. The molecule has 0 atom stereocenters. The van der Waals surface area contributed by atoms with Crippen LogP contribution in [-0.4, -0.2) is 10.8 Å². The third-order valence-electron chi connectivity index (χ3n) is 1.97. The lowest BCUT2D eigenvalue weighted by atomic mass is 10.1. The average Bonchev–Trinajstić information content (AvgIpc) is 2.62. The van der Waals surface area contributed by atoms with Crippen LogP contribution in [0.4, 0.5) is 0 Å². The molecule has 0 unspecified atom stereocenters. The average molecular weight is 203 g/mol. The SMILES string of the molecule is CC(=O)c1c[nH]c2ccccc12.CCC. The quantitative estimate of drug-likeness (QED) is 0.703. The van der Waals surface area contributed by atoms with Crippen molar-refractivity contribution in [2.24, 2.45) is 0 Å². The van der Waals surface area contributed by atoms with Crippen LogP contribution in [0, 0.1) is 0 Å². The maximum atomic E-state index is 11.1. The molecule has 2 heteroatoms. The lowest BCUT2D eigenvalue weighted by Crippen LogP contribution is -1.87. The van der Waals surface area contributed by atoms with Crippen LogP contribution in [0.5, 0.6) is 0 Å². The van der Waals surface area contributed by atoms with Crippen molar-refractivity contribution in [2.45, 2.75) is 27.2 Å². The van der Waals surface area contributed by atoms with E-state index in [9.17, 15) is 4.79 Å². The standard InChI is InChI=1S/C10H9NO.C3H8/c1-7(12)9-6-11-10-5-3-2-4-8(9)10;1-3-2/h2-6,11H,1H3;3H2,1-2H3. The zero-order chi connectivity index (χ0) is 11.3. The van der Waals surface area contributed by atoms with Crippen molar-refractivity contribution in [1.29, 1.82) is 0 Å². The lowest BCUT2D eigenvalue weighted by Gasteiger charge is -1.90. The maximum Gasteiger partial charge on any atom is 0.161 e. The first kappa shape index (κ1) is 11.5. The van der Waals surface area contributed by atoms with Crippen LogP contribution in [-0.2, 0) is 0 Å². The number of para-hydroxylation sites is 1. The Morgan fingerprint density at radius 3 is 2.47 bits per heavy atom. The minimum Gasteiger partial charge on any atom is -0.360 e. The van der Waals surface area contributed by atoms with Crippen LogP contribution >= 0.6 is 0 Å². The molecule has 2 aromatic rings. The Balaban J connectivity index is 0.000000337. The van der Waals surface area contributed by atoms with Crippen molar-refractivity contribution < 1.29 is 4.79 Å². The van der Waals surface area contributed by atoms with E-state index in [2.05, 4.69) is 18.8 Å². The van der Waals surface area contributed by atoms with Gasteiger partial charge in [0.1, 0.15) is 0 Å². The Labute approximate surface area is 90.3 Å². The van der Waals surface area contributed by atoms with Crippen LogP contribution in [0.1, 0.15) is 37.6 Å². The van der Waals surface area contributed by atoms with E-state index in [1.54, 1.807) is 13.1 Å². The van der Waals surface area contributed by atoms with Gasteiger partial charge in [-0.3, -0.25) is 4.79 Å². The molecule has 1 aromatic heterocycles. The number of nitrogens with one attached hydrogen (secondary N) is 1. The van der Waals surface area contributed by atoms with Crippen molar-refractivity contribution in [3.8, 4) is 0 Å². The Morgan fingerprint density at radius 1 is 1.27 bits per heavy atom. The van der Waals surface area contributed by atoms with Crippen molar-refractivity contribution >= 4 is 16.7 Å². The summed E-state index contributed by atoms with van der Waals surface area (Å²) in [4.78, 5) is 14.1. The number of hydrogen-bond donors (Lipinski definition) is 1. The van der Waals surface area contributed by atoms with Crippen LogP contribution in [0.25, 0.3) is 10.9 Å². The number of carbonyl (C=O) groups is 1. The third-order valence-corrected chi connectivity index (χ3v) is 1.97. The number of aromatic nitrogens is 1. The molecule has 80 valence electrons. The normalized spacial score (nSPS) is 9.53. The summed E-state index contributed by atoms with van der Waals surface area (Å²) in [7, 11) is 0. The van der Waals surface area contributed by atoms with E-state index in [-0.39, 0.29) is 5.78 Å². The number of benzene rings is 1. The van der Waals surface area contributed by atoms with E-state index in [1.165, 1.54) is 6.42 Å². The van der Waals surface area contributed by atoms with Gasteiger partial charge in [0.15, 0.2) is 5.78 Å². The summed E-state index contributed by atoms with van der Waals surface area (Å²) in [5.74, 6) is 0.104. The van der Waals surface area contributed by atoms with Gasteiger partial charge in [-0.1, -0.05) is 38.5 Å². The molecule has 1 N–H and O–H groups in total. The van der Waals surface area contributed by atoms with Gasteiger partial charge in [0.25, 0.3) is 0 Å². The zero-order valence-electron chi connectivity index (χ0n) is 9.50. The van der Waals surface area contributed by atoms with Crippen LogP contribution < -0.4 is 0 Å². The number of fused-ring (bicyclic) bond motifs is 1. The monoisotopic (exact) mass is 203 g/mol. The Hall–Kier alpha value is -1.57. The van der Waals surface area contributed by atoms with Crippen molar-refractivity contribution in [2.75, 3.05) is 0 Å². The van der Waals surface area contributed by atoms with E-state index in [0.29, 0.717) is 0 Å². The van der Waals surface area contributed by atoms with Gasteiger partial charge >= 0.3 is 0 Å². The predicted octanol–water partition coefficient (Wildman–Crippen LogP) is 3.79. The highest BCUT2D eigenvalue weighted by molar-refractivity contribution is 6.06. The molecule has 15 heavy (non-hydrogen) atoms. The van der Waals surface area contributed by atoms with E-state index in [0.717, 1.165) is 16.5 Å². The number of ketones is 1. The lowest BCUT2D eigenvalue weighted by molar-refractivity contribution is 0.101. The van der Waals surface area contributed by atoms with Gasteiger partial charge in [0.05, 0.1) is 0 Å². The molecule has 0 fully saturated rings. The van der Waals surface area contributed by atoms with E-state index < -0.39 is 0 Å². The van der Waals surface area contributed by atoms with E-state index in [1.807, 2.05) is 24.3 Å². The molecule has 2 rings (SSSR count). The number of aromatic amines is 1. The molecule has 1 heterocycles. The summed E-state index contributed by atoms with van der Waals surface area (Å²) in [6, 6.07) is 7.79. The predicted molar refractivity (Wildman–Crippen MR) is 64.3 cm³/mol. The smallest absolute Gasteiger partial charge is 0.161 e. The second-order valence-corrected chi connectivity index (χ2v) is 3.51. The number of hydrogen-bond acceptors (Lipinski definition) is 1. The summed E-state index contributed by atoms with van der Waals surface area (Å²) in [5.41, 5.74) is 1.79. The van der Waals surface area contributed by atoms with Crippen molar-refractivity contribution in [3.63, 3.8) is 0 Å². The Kier molecular flexibility index (Phi) is 4.10. The van der Waals surface area contributed by atoms with Crippen LogP contribution in [0.3, 0.4) is 0 Å². The first-order valence-corrected chi connectivity index (χ1v) is 5.27. The fraction of sp³-hybridized carbons (Fsp3) is 0.308. The molecule has 0 aliphatic heterocycles. The second kappa shape index (κ2) is 5.35. The minimum atomic E-state index is 0.104. The van der Waals surface area contributed by atoms with E-state index >= 15 is 0 Å². The second-order valence-electron chi connectivity index (χ2n) is 3.51. The molecule has 0 aliphatic rings. The van der Waals surface area contributed by atoms with Gasteiger partial charge < -0.3 is 4.98 Å². The zero-order valence-corrected chi connectivity index (χ0v) is 9.50. The molecule has 0 bridgehead atoms. The molecular formula is C13H17NO. The van der Waals surface area contributed by atoms with Gasteiger partial charge in [0, 0.05) is 22.7 Å². The Bertz CT molecular complexity index is 442. The molecule has 0 amide bonds. The number of rotatable bonds is 1. The largest absolute Gasteiger partial charge is 0.360 e. The number of Topliss-reactive ketones (excluding diaryl/α,β-unsaturated/α-hetero) is 1. The third kappa shape index (κ3) is 2.69. The van der Waals surface area contributed by atoms with Gasteiger partial charge in [-0.15, -0.1) is 0 Å². The fourth-order valence-corrected chi connectivity index (χ4v) is 1.36. The summed E-state index contributed by atoms with van der Waals surface area (Å²) >= 11 is 0. The highest BCUT2D eigenvalue weighted by atomic mass is 16.1. The highest BCUT2D eigenvalue weighted by Gasteiger charge is 2.05. The van der Waals surface area contributed by atoms with Gasteiger partial charge in [-0.2, -0.15) is 0 Å². The molecular weight excluding hydrogens is 186 g/mol. The first-order chi connectivity index (χ1) is 7.20. The molecule has 0 radical (unpaired) electrons. The summed E-state index contributed by atoms with van der Waals surface area (Å²) in [5, 5.41) is 1.00. The number of H-pyrrole nitrogens is 1. The van der Waals surface area contributed by atoms with Crippen LogP contribution in [0.15, 0.2) is 30.5 Å². The van der Waals surface area contributed by atoms with E-state index in [4.69, 9.17) is 0 Å². The van der Waals surface area contributed by atoms with Crippen molar-refractivity contribution in [3.05, 3.63) is 36.0 Å². The molecule has 0 saturated carbocycles. The van der Waals surface area contributed by atoms with Gasteiger partial charge in [0.2, 0.25) is 0 Å². The van der Waals surface area contributed by atoms with Crippen molar-refractivity contribution in [1.82, 2.24) is 4.98 Å². The topological polar surface area (TPSA) is 32.9 Å². The summed E-state index contributed by atoms with van der Waals surface area (Å²) < 4.78 is 0. The summed E-state index contributed by atoms with van der Waals surface area (Å²) in [6.07, 6.45) is 3.01. The van der Waals surface area contributed by atoms with Crippen LogP contribution in [0.2, 0.25) is 0 Å². The highest BCUT2D eigenvalue weighted by Crippen LogP contribution is 2.17. The molecule has 2 nitrogen and oxygen atoms in total. The Morgan fingerprint density at radius 2 is 1.87 bits per heavy atom. The first-order valence-electron chi connectivity index (χ1n) is 5.27. The number of carbonyl (C=O) groups excluding carboxylic acids is 1. The maximum absolute atomic E-state index is 11.1. The molecule has 1 aromatic carbocycles. The fourth-order valence-electron chi connectivity index (χ4n) is 1.36. The summed E-state index contributed by atoms with van der Waals surface area (Å²) in [6.45, 7) is 5.83. The van der Waals surface area contributed by atoms with Gasteiger partial charge in [-0.25, -0.2) is 0 Å². The molecule has 0 saturated heterocycles. The molecule has 0 spiro atoms. The van der Waals surface area contributed by atoms with Gasteiger partial charge in [-0.05, 0) is 13.0 Å².